The summed E-state index contributed by atoms with van der Waals surface area (Å²) in [5.74, 6) is -0.276. The van der Waals surface area contributed by atoms with Crippen molar-refractivity contribution in [3.63, 3.8) is 0 Å². The predicted molar refractivity (Wildman–Crippen MR) is 105 cm³/mol. The van der Waals surface area contributed by atoms with E-state index in [1.807, 2.05) is 55.4 Å². The number of nitrogens with one attached hydrogen (secondary N) is 1. The van der Waals surface area contributed by atoms with Gasteiger partial charge in [-0.15, -0.1) is 0 Å². The van der Waals surface area contributed by atoms with Crippen molar-refractivity contribution in [2.45, 2.75) is 6.04 Å². The first kappa shape index (κ1) is 19.6. The highest BCUT2D eigenvalue weighted by Gasteiger charge is 2.21. The Balaban J connectivity index is 1.77. The minimum atomic E-state index is -0.352. The van der Waals surface area contributed by atoms with Crippen LogP contribution >= 0.6 is 0 Å². The molecule has 28 heavy (non-hydrogen) atoms. The molecule has 1 N–H and O–H groups in total. The average molecular weight is 382 g/mol. The van der Waals surface area contributed by atoms with E-state index in [2.05, 4.69) is 10.4 Å². The lowest BCUT2D eigenvalue weighted by molar-refractivity contribution is 0.0933. The van der Waals surface area contributed by atoms with Crippen molar-refractivity contribution >= 4 is 5.91 Å². The molecule has 1 amide bonds. The van der Waals surface area contributed by atoms with Crippen molar-refractivity contribution in [1.82, 2.24) is 20.0 Å². The SMILES string of the molecule is COc1cn(-c2ccccc2)nc1C(=O)NCC(c1cccc(F)c1)N(C)C. The van der Waals surface area contributed by atoms with Crippen LogP contribution in [0.5, 0.6) is 5.75 Å². The third-order valence-corrected chi connectivity index (χ3v) is 4.45. The Morgan fingerprint density at radius 2 is 1.96 bits per heavy atom. The second-order valence-electron chi connectivity index (χ2n) is 6.57. The van der Waals surface area contributed by atoms with Crippen molar-refractivity contribution in [2.24, 2.45) is 0 Å². The Hall–Kier alpha value is -3.19. The van der Waals surface area contributed by atoms with Crippen LogP contribution in [0.3, 0.4) is 0 Å². The van der Waals surface area contributed by atoms with Gasteiger partial charge in [0.15, 0.2) is 11.4 Å². The fourth-order valence-electron chi connectivity index (χ4n) is 2.96. The normalized spacial score (nSPS) is 12.0. The average Bonchev–Trinajstić information content (AvgIpc) is 3.13. The van der Waals surface area contributed by atoms with Crippen LogP contribution in [0.4, 0.5) is 4.39 Å². The lowest BCUT2D eigenvalue weighted by atomic mass is 10.1. The minimum absolute atomic E-state index is 0.179. The number of carbonyl (C=O) groups is 1. The fourth-order valence-corrected chi connectivity index (χ4v) is 2.96. The molecule has 0 saturated carbocycles. The maximum atomic E-state index is 13.6. The maximum absolute atomic E-state index is 13.6. The van der Waals surface area contributed by atoms with Crippen molar-refractivity contribution in [2.75, 3.05) is 27.7 Å². The number of methoxy groups -OCH3 is 1. The smallest absolute Gasteiger partial charge is 0.275 e. The van der Waals surface area contributed by atoms with E-state index in [4.69, 9.17) is 4.74 Å². The lowest BCUT2D eigenvalue weighted by Crippen LogP contribution is -2.35. The third-order valence-electron chi connectivity index (χ3n) is 4.45. The zero-order valence-corrected chi connectivity index (χ0v) is 16.1. The molecule has 0 bridgehead atoms. The molecular formula is C21H23FN4O2. The number of nitrogens with zero attached hydrogens (tertiary/aromatic N) is 3. The van der Waals surface area contributed by atoms with Crippen LogP contribution in [-0.2, 0) is 0 Å². The molecular weight excluding hydrogens is 359 g/mol. The van der Waals surface area contributed by atoms with Gasteiger partial charge in [-0.05, 0) is 43.9 Å². The first-order valence-corrected chi connectivity index (χ1v) is 8.88. The summed E-state index contributed by atoms with van der Waals surface area (Å²) in [6.07, 6.45) is 1.67. The number of benzene rings is 2. The predicted octanol–water partition coefficient (Wildman–Crippen LogP) is 3.05. The highest BCUT2D eigenvalue weighted by Crippen LogP contribution is 2.21. The van der Waals surface area contributed by atoms with E-state index in [0.29, 0.717) is 12.3 Å². The number of hydrogen-bond acceptors (Lipinski definition) is 4. The first-order chi connectivity index (χ1) is 13.5. The number of likely N-dealkylation sites (N-methyl/N-ethyl adjacent to an activating group) is 1. The Labute approximate surface area is 163 Å². The highest BCUT2D eigenvalue weighted by atomic mass is 19.1. The molecule has 3 rings (SSSR count). The molecule has 0 radical (unpaired) electrons. The van der Waals surface area contributed by atoms with Crippen LogP contribution < -0.4 is 10.1 Å². The molecule has 1 unspecified atom stereocenters. The van der Waals surface area contributed by atoms with Crippen LogP contribution in [0, 0.1) is 5.82 Å². The van der Waals surface area contributed by atoms with Crippen molar-refractivity contribution in [3.05, 3.63) is 77.9 Å². The number of hydrogen-bond donors (Lipinski definition) is 1. The molecule has 1 atom stereocenters. The molecule has 0 aliphatic heterocycles. The van der Waals surface area contributed by atoms with Crippen LogP contribution in [0.25, 0.3) is 5.69 Å². The van der Waals surface area contributed by atoms with Crippen molar-refractivity contribution in [1.29, 1.82) is 0 Å². The summed E-state index contributed by atoms with van der Waals surface area (Å²) in [4.78, 5) is 14.7. The number of rotatable bonds is 7. The van der Waals surface area contributed by atoms with Crippen LogP contribution in [0.2, 0.25) is 0 Å². The number of amides is 1. The van der Waals surface area contributed by atoms with E-state index < -0.39 is 0 Å². The van der Waals surface area contributed by atoms with Gasteiger partial charge in [0.2, 0.25) is 0 Å². The van der Waals surface area contributed by atoms with E-state index in [9.17, 15) is 9.18 Å². The van der Waals surface area contributed by atoms with Gasteiger partial charge in [-0.2, -0.15) is 5.10 Å². The third kappa shape index (κ3) is 4.37. The molecule has 2 aromatic carbocycles. The molecule has 1 aromatic heterocycles. The van der Waals surface area contributed by atoms with E-state index >= 15 is 0 Å². The fraction of sp³-hybridized carbons (Fsp3) is 0.238. The molecule has 0 aliphatic rings. The molecule has 7 heteroatoms. The minimum Gasteiger partial charge on any atom is -0.493 e. The van der Waals surface area contributed by atoms with Gasteiger partial charge in [-0.25, -0.2) is 9.07 Å². The van der Waals surface area contributed by atoms with Gasteiger partial charge >= 0.3 is 0 Å². The summed E-state index contributed by atoms with van der Waals surface area (Å²) in [5, 5.41) is 7.25. The molecule has 6 nitrogen and oxygen atoms in total. The zero-order valence-electron chi connectivity index (χ0n) is 16.1. The molecule has 0 saturated heterocycles. The van der Waals surface area contributed by atoms with E-state index in [1.165, 1.54) is 19.2 Å². The van der Waals surface area contributed by atoms with Gasteiger partial charge in [-0.3, -0.25) is 4.79 Å². The molecule has 0 fully saturated rings. The topological polar surface area (TPSA) is 59.4 Å². The van der Waals surface area contributed by atoms with Gasteiger partial charge in [0.25, 0.3) is 5.91 Å². The molecule has 0 aliphatic carbocycles. The van der Waals surface area contributed by atoms with Crippen molar-refractivity contribution < 1.29 is 13.9 Å². The second kappa shape index (κ2) is 8.67. The van der Waals surface area contributed by atoms with Crippen LogP contribution in [0.15, 0.2) is 60.8 Å². The summed E-state index contributed by atoms with van der Waals surface area (Å²) in [5.41, 5.74) is 1.81. The number of para-hydroxylation sites is 1. The lowest BCUT2D eigenvalue weighted by Gasteiger charge is -2.25. The van der Waals surface area contributed by atoms with Gasteiger partial charge < -0.3 is 15.0 Å². The molecule has 1 heterocycles. The van der Waals surface area contributed by atoms with Crippen LogP contribution in [-0.4, -0.2) is 48.3 Å². The van der Waals surface area contributed by atoms with Gasteiger partial charge in [0.1, 0.15) is 5.82 Å². The van der Waals surface area contributed by atoms with Gasteiger partial charge in [0.05, 0.1) is 25.0 Å². The Bertz CT molecular complexity index is 941. The Morgan fingerprint density at radius 1 is 1.21 bits per heavy atom. The van der Waals surface area contributed by atoms with E-state index in [0.717, 1.165) is 11.3 Å². The quantitative estimate of drug-likeness (QED) is 0.682. The summed E-state index contributed by atoms with van der Waals surface area (Å²) < 4.78 is 20.5. The van der Waals surface area contributed by atoms with Gasteiger partial charge in [0, 0.05) is 6.54 Å². The summed E-state index contributed by atoms with van der Waals surface area (Å²) >= 11 is 0. The Kier molecular flexibility index (Phi) is 6.06. The number of aromatic nitrogens is 2. The zero-order chi connectivity index (χ0) is 20.1. The second-order valence-corrected chi connectivity index (χ2v) is 6.57. The summed E-state index contributed by atoms with van der Waals surface area (Å²) in [6.45, 7) is 0.302. The molecule has 146 valence electrons. The summed E-state index contributed by atoms with van der Waals surface area (Å²) in [7, 11) is 5.26. The highest BCUT2D eigenvalue weighted by molar-refractivity contribution is 5.95. The number of halogens is 1. The van der Waals surface area contributed by atoms with Crippen LogP contribution in [0.1, 0.15) is 22.1 Å². The van der Waals surface area contributed by atoms with Crippen molar-refractivity contribution in [3.8, 4) is 11.4 Å². The standard InChI is InChI=1S/C21H23FN4O2/c1-25(2)18(15-8-7-9-16(22)12-15)13-23-21(27)20-19(28-3)14-26(24-20)17-10-5-4-6-11-17/h4-12,14,18H,13H2,1-3H3,(H,23,27). The monoisotopic (exact) mass is 382 g/mol. The van der Waals surface area contributed by atoms with Gasteiger partial charge in [-0.1, -0.05) is 30.3 Å². The molecule has 3 aromatic rings. The molecule has 0 spiro atoms. The summed E-state index contributed by atoms with van der Waals surface area (Å²) in [6, 6.07) is 15.7. The first-order valence-electron chi connectivity index (χ1n) is 8.88. The maximum Gasteiger partial charge on any atom is 0.275 e. The number of ether oxygens (including phenoxy) is 1. The Morgan fingerprint density at radius 3 is 2.61 bits per heavy atom. The largest absolute Gasteiger partial charge is 0.493 e. The number of carbonyl (C=O) groups excluding carboxylic acids is 1. The van der Waals surface area contributed by atoms with E-state index in [-0.39, 0.29) is 23.5 Å². The van der Waals surface area contributed by atoms with E-state index in [1.54, 1.807) is 16.9 Å².